The summed E-state index contributed by atoms with van der Waals surface area (Å²) in [6.07, 6.45) is 21.2. The predicted molar refractivity (Wildman–Crippen MR) is 157 cm³/mol. The predicted octanol–water partition coefficient (Wildman–Crippen LogP) is 11.2. The average Bonchev–Trinajstić information content (AvgIpc) is 2.79. The zero-order chi connectivity index (χ0) is 26.5. The van der Waals surface area contributed by atoms with Gasteiger partial charge in [-0.25, -0.2) is 0 Å². The van der Waals surface area contributed by atoms with Gasteiger partial charge >= 0.3 is 0 Å². The van der Waals surface area contributed by atoms with E-state index < -0.39 is 0 Å². The Morgan fingerprint density at radius 1 is 0.750 bits per heavy atom. The van der Waals surface area contributed by atoms with Crippen LogP contribution in [0.15, 0.2) is 55.2 Å². The van der Waals surface area contributed by atoms with E-state index in [1.165, 1.54) is 47.9 Å². The minimum atomic E-state index is 1.09. The number of allylic oxidation sites excluding steroid dienone is 6. The van der Waals surface area contributed by atoms with Crippen molar-refractivity contribution in [2.24, 2.45) is 0 Å². The Kier molecular flexibility index (Phi) is 41.9. The second kappa shape index (κ2) is 33.4. The van der Waals surface area contributed by atoms with Crippen molar-refractivity contribution in [2.75, 3.05) is 0 Å². The Labute approximate surface area is 204 Å². The monoisotopic (exact) mass is 440 g/mol. The van der Waals surface area contributed by atoms with E-state index in [1.54, 1.807) is 0 Å². The van der Waals surface area contributed by atoms with Crippen molar-refractivity contribution in [3.8, 4) is 12.8 Å². The Morgan fingerprint density at radius 3 is 1.41 bits per heavy atom. The second-order valence-corrected chi connectivity index (χ2v) is 7.26. The standard InChI is InChI=1S/C12H16.C8H12.2C4H10.C2H6.C2H2/c1-8(2)12-7-10(4)9(3)6-11(12)5;1-4-5-6-7-8(2)3;2*1-3-4-2;2*1-2/h6-7H,1H2,2-5H3;4-7H,2H2,1,3H3;2*3-4H2,1-2H3;1-2H3;1-2H/b;5-4-,7-6-;;;;. The minimum Gasteiger partial charge on any atom is -0.124 e. The van der Waals surface area contributed by atoms with Crippen molar-refractivity contribution in [1.82, 2.24) is 0 Å². The van der Waals surface area contributed by atoms with E-state index in [0.29, 0.717) is 0 Å². The topological polar surface area (TPSA) is 0 Å². The molecule has 1 aromatic carbocycles. The molecule has 0 heteroatoms. The lowest BCUT2D eigenvalue weighted by Crippen LogP contribution is -1.89. The highest BCUT2D eigenvalue weighted by Crippen LogP contribution is 2.20. The molecule has 1 rings (SSSR count). The molecule has 1 aromatic rings. The molecule has 184 valence electrons. The quantitative estimate of drug-likeness (QED) is 0.315. The van der Waals surface area contributed by atoms with Crippen LogP contribution in [0.3, 0.4) is 0 Å². The van der Waals surface area contributed by atoms with Gasteiger partial charge in [-0.15, -0.1) is 12.8 Å². The largest absolute Gasteiger partial charge is 0.124 e. The van der Waals surface area contributed by atoms with Gasteiger partial charge in [0.2, 0.25) is 0 Å². The molecule has 0 radical (unpaired) electrons. The van der Waals surface area contributed by atoms with Gasteiger partial charge < -0.3 is 0 Å². The summed E-state index contributed by atoms with van der Waals surface area (Å²) in [7, 11) is 0. The molecule has 0 aliphatic carbocycles. The van der Waals surface area contributed by atoms with Crippen LogP contribution in [0, 0.1) is 33.6 Å². The average molecular weight is 441 g/mol. The lowest BCUT2D eigenvalue weighted by Gasteiger charge is -2.08. The van der Waals surface area contributed by atoms with Gasteiger partial charge in [-0.05, 0) is 63.8 Å². The van der Waals surface area contributed by atoms with Gasteiger partial charge in [-0.1, -0.05) is 128 Å². The lowest BCUT2D eigenvalue weighted by molar-refractivity contribution is 0.886. The first-order chi connectivity index (χ1) is 15.1. The zero-order valence-electron chi connectivity index (χ0n) is 23.9. The molecule has 0 N–H and O–H groups in total. The summed E-state index contributed by atoms with van der Waals surface area (Å²) in [6, 6.07) is 4.44. The Bertz CT molecular complexity index is 613. The highest BCUT2D eigenvalue weighted by molar-refractivity contribution is 5.65. The highest BCUT2D eigenvalue weighted by Gasteiger charge is 2.01. The van der Waals surface area contributed by atoms with Crippen LogP contribution in [-0.2, 0) is 0 Å². The molecule has 0 aliphatic rings. The molecular formula is C32H56. The SMILES string of the molecule is C#C.C=C(C)/C=C\C=C/C.C=C(C)c1cc(C)c(C)cc1C.CC.CCCC.CCCC. The van der Waals surface area contributed by atoms with E-state index >= 15 is 0 Å². The fraction of sp³-hybridized carbons (Fsp3) is 0.500. The first kappa shape index (κ1) is 40.1. The van der Waals surface area contributed by atoms with Crippen molar-refractivity contribution >= 4 is 5.57 Å². The van der Waals surface area contributed by atoms with E-state index in [-0.39, 0.29) is 0 Å². The van der Waals surface area contributed by atoms with Crippen LogP contribution < -0.4 is 0 Å². The lowest BCUT2D eigenvalue weighted by atomic mass is 9.97. The number of benzene rings is 1. The maximum Gasteiger partial charge on any atom is -0.0201 e. The van der Waals surface area contributed by atoms with E-state index in [1.807, 2.05) is 52.0 Å². The maximum absolute atomic E-state index is 4.00. The number of terminal acetylenes is 1. The molecule has 0 atom stereocenters. The van der Waals surface area contributed by atoms with Crippen molar-refractivity contribution in [3.63, 3.8) is 0 Å². The number of hydrogen-bond acceptors (Lipinski definition) is 0. The van der Waals surface area contributed by atoms with Crippen LogP contribution in [0.2, 0.25) is 0 Å². The van der Waals surface area contributed by atoms with Crippen molar-refractivity contribution in [2.45, 2.75) is 109 Å². The van der Waals surface area contributed by atoms with Gasteiger partial charge in [-0.3, -0.25) is 0 Å². The molecule has 0 fully saturated rings. The third kappa shape index (κ3) is 32.4. The first-order valence-corrected chi connectivity index (χ1v) is 12.1. The van der Waals surface area contributed by atoms with Gasteiger partial charge in [0, 0.05) is 0 Å². The summed E-state index contributed by atoms with van der Waals surface area (Å²) < 4.78 is 0. The Hall–Kier alpha value is -2.26. The molecule has 0 saturated heterocycles. The highest BCUT2D eigenvalue weighted by atomic mass is 14.1. The third-order valence-electron chi connectivity index (χ3n) is 3.98. The van der Waals surface area contributed by atoms with Crippen LogP contribution in [0.1, 0.15) is 110 Å². The maximum atomic E-state index is 4.00. The molecule has 0 bridgehead atoms. The summed E-state index contributed by atoms with van der Waals surface area (Å²) in [5, 5.41) is 0. The van der Waals surface area contributed by atoms with E-state index in [0.717, 1.165) is 11.1 Å². The van der Waals surface area contributed by atoms with Crippen molar-refractivity contribution < 1.29 is 0 Å². The number of aryl methyl sites for hydroxylation is 3. The minimum absolute atomic E-state index is 1.09. The van der Waals surface area contributed by atoms with Crippen LogP contribution >= 0.6 is 0 Å². The smallest absolute Gasteiger partial charge is 0.0201 e. The van der Waals surface area contributed by atoms with Crippen molar-refractivity contribution in [1.29, 1.82) is 0 Å². The molecule has 0 unspecified atom stereocenters. The molecule has 0 spiro atoms. The summed E-state index contributed by atoms with van der Waals surface area (Å²) in [5.74, 6) is 0. The van der Waals surface area contributed by atoms with Crippen LogP contribution in [0.4, 0.5) is 0 Å². The van der Waals surface area contributed by atoms with Gasteiger partial charge in [0.1, 0.15) is 0 Å². The third-order valence-corrected chi connectivity index (χ3v) is 3.98. The van der Waals surface area contributed by atoms with Gasteiger partial charge in [0.05, 0.1) is 0 Å². The molecule has 0 aromatic heterocycles. The molecule has 0 nitrogen and oxygen atoms in total. The summed E-state index contributed by atoms with van der Waals surface area (Å²) in [4.78, 5) is 0. The molecular weight excluding hydrogens is 384 g/mol. The second-order valence-electron chi connectivity index (χ2n) is 7.26. The van der Waals surface area contributed by atoms with Crippen LogP contribution in [-0.4, -0.2) is 0 Å². The summed E-state index contributed by atoms with van der Waals surface area (Å²) in [6.45, 7) is 32.8. The number of rotatable bonds is 5. The van der Waals surface area contributed by atoms with Gasteiger partial charge in [-0.2, -0.15) is 0 Å². The van der Waals surface area contributed by atoms with Crippen LogP contribution in [0.5, 0.6) is 0 Å². The zero-order valence-corrected chi connectivity index (χ0v) is 23.9. The number of hydrogen-bond donors (Lipinski definition) is 0. The van der Waals surface area contributed by atoms with Crippen molar-refractivity contribution in [3.05, 3.63) is 77.4 Å². The summed E-state index contributed by atoms with van der Waals surface area (Å²) >= 11 is 0. The number of unbranched alkanes of at least 4 members (excludes halogenated alkanes) is 2. The molecule has 0 amide bonds. The van der Waals surface area contributed by atoms with Gasteiger partial charge in [0.15, 0.2) is 0 Å². The van der Waals surface area contributed by atoms with Gasteiger partial charge in [0.25, 0.3) is 0 Å². The fourth-order valence-electron chi connectivity index (χ4n) is 1.75. The van der Waals surface area contributed by atoms with E-state index in [4.69, 9.17) is 0 Å². The molecule has 0 aliphatic heterocycles. The Morgan fingerprint density at radius 2 is 1.12 bits per heavy atom. The van der Waals surface area contributed by atoms with Crippen LogP contribution in [0.25, 0.3) is 5.57 Å². The van der Waals surface area contributed by atoms with E-state index in [2.05, 4.69) is 93.5 Å². The normalized spacial score (nSPS) is 8.69. The molecule has 0 heterocycles. The summed E-state index contributed by atoms with van der Waals surface area (Å²) in [5.41, 5.74) is 7.55. The van der Waals surface area contributed by atoms with E-state index in [9.17, 15) is 0 Å². The fourth-order valence-corrected chi connectivity index (χ4v) is 1.75. The molecule has 32 heavy (non-hydrogen) atoms. The first-order valence-electron chi connectivity index (χ1n) is 12.1. The molecule has 0 saturated carbocycles. The Balaban J connectivity index is -0.000000106.